The molecular formula is C15H15N3. The number of hydrogen-bond acceptors (Lipinski definition) is 2. The molecule has 2 N–H and O–H groups in total. The van der Waals surface area contributed by atoms with Gasteiger partial charge in [-0.25, -0.2) is 0 Å². The lowest BCUT2D eigenvalue weighted by Crippen LogP contribution is -2.00. The van der Waals surface area contributed by atoms with Crippen LogP contribution in [-0.2, 0) is 6.54 Å². The van der Waals surface area contributed by atoms with Crippen molar-refractivity contribution in [3.05, 3.63) is 59.9 Å². The molecule has 1 heterocycles. The van der Waals surface area contributed by atoms with E-state index >= 15 is 0 Å². The normalized spacial score (nSPS) is 10.7. The van der Waals surface area contributed by atoms with Crippen LogP contribution in [-0.4, -0.2) is 10.2 Å². The van der Waals surface area contributed by atoms with Crippen molar-refractivity contribution in [2.75, 3.05) is 5.32 Å². The Morgan fingerprint density at radius 1 is 1.11 bits per heavy atom. The van der Waals surface area contributed by atoms with E-state index in [1.807, 2.05) is 13.1 Å². The summed E-state index contributed by atoms with van der Waals surface area (Å²) in [6.45, 7) is 2.82. The van der Waals surface area contributed by atoms with Crippen LogP contribution < -0.4 is 5.32 Å². The van der Waals surface area contributed by atoms with Crippen molar-refractivity contribution in [1.29, 1.82) is 0 Å². The number of nitrogens with zero attached hydrogens (tertiary/aromatic N) is 1. The largest absolute Gasteiger partial charge is 0.380 e. The number of benzene rings is 2. The molecule has 18 heavy (non-hydrogen) atoms. The monoisotopic (exact) mass is 237 g/mol. The first kappa shape index (κ1) is 10.8. The van der Waals surface area contributed by atoms with E-state index in [2.05, 4.69) is 58.0 Å². The number of nitrogens with one attached hydrogen (secondary N) is 2. The molecule has 3 heteroatoms. The van der Waals surface area contributed by atoms with Gasteiger partial charge in [0.2, 0.25) is 0 Å². The van der Waals surface area contributed by atoms with Crippen molar-refractivity contribution in [2.45, 2.75) is 13.5 Å². The Morgan fingerprint density at radius 3 is 2.78 bits per heavy atom. The van der Waals surface area contributed by atoms with Crippen LogP contribution >= 0.6 is 0 Å². The minimum atomic E-state index is 0.788. The lowest BCUT2D eigenvalue weighted by Gasteiger charge is -2.09. The third kappa shape index (κ3) is 1.95. The molecule has 2 aromatic carbocycles. The number of rotatable bonds is 3. The molecular weight excluding hydrogens is 222 g/mol. The van der Waals surface area contributed by atoms with E-state index in [4.69, 9.17) is 0 Å². The van der Waals surface area contributed by atoms with Gasteiger partial charge in [0.1, 0.15) is 0 Å². The van der Waals surface area contributed by atoms with E-state index in [-0.39, 0.29) is 0 Å². The van der Waals surface area contributed by atoms with Crippen LogP contribution in [0.3, 0.4) is 0 Å². The summed E-state index contributed by atoms with van der Waals surface area (Å²) in [7, 11) is 0. The van der Waals surface area contributed by atoms with Crippen LogP contribution in [0.25, 0.3) is 10.8 Å². The summed E-state index contributed by atoms with van der Waals surface area (Å²) in [4.78, 5) is 0. The summed E-state index contributed by atoms with van der Waals surface area (Å²) in [6.07, 6.45) is 1.87. The molecule has 90 valence electrons. The van der Waals surface area contributed by atoms with Crippen molar-refractivity contribution in [3.63, 3.8) is 0 Å². The molecule has 0 bridgehead atoms. The van der Waals surface area contributed by atoms with Crippen LogP contribution in [0, 0.1) is 6.92 Å². The smallest absolute Gasteiger partial charge is 0.0539 e. The zero-order valence-corrected chi connectivity index (χ0v) is 10.3. The van der Waals surface area contributed by atoms with Crippen LogP contribution in [0.2, 0.25) is 0 Å². The highest BCUT2D eigenvalue weighted by atomic mass is 15.1. The van der Waals surface area contributed by atoms with E-state index < -0.39 is 0 Å². The Balaban J connectivity index is 1.89. The molecule has 1 aromatic heterocycles. The second kappa shape index (κ2) is 4.53. The van der Waals surface area contributed by atoms with Gasteiger partial charge in [-0.15, -0.1) is 0 Å². The summed E-state index contributed by atoms with van der Waals surface area (Å²) in [5.74, 6) is 0. The Bertz CT molecular complexity index is 665. The first-order valence-electron chi connectivity index (χ1n) is 6.05. The summed E-state index contributed by atoms with van der Waals surface area (Å²) >= 11 is 0. The van der Waals surface area contributed by atoms with Gasteiger partial charge < -0.3 is 5.32 Å². The second-order valence-corrected chi connectivity index (χ2v) is 4.40. The van der Waals surface area contributed by atoms with Gasteiger partial charge in [0.25, 0.3) is 0 Å². The highest BCUT2D eigenvalue weighted by molar-refractivity contribution is 5.93. The molecule has 0 fully saturated rings. The zero-order chi connectivity index (χ0) is 12.4. The van der Waals surface area contributed by atoms with Gasteiger partial charge >= 0.3 is 0 Å². The molecule has 0 saturated heterocycles. The molecule has 3 nitrogen and oxygen atoms in total. The molecule has 0 spiro atoms. The highest BCUT2D eigenvalue weighted by Gasteiger charge is 2.02. The van der Waals surface area contributed by atoms with Gasteiger partial charge in [-0.1, -0.05) is 36.4 Å². The standard InChI is InChI=1S/C15H15N3/c1-11-13(10-17-18-11)9-16-15-8-4-6-12-5-2-3-7-14(12)15/h2-8,10,16H,9H2,1H3,(H,17,18). The van der Waals surface area contributed by atoms with Gasteiger partial charge in [-0.05, 0) is 18.4 Å². The topological polar surface area (TPSA) is 40.7 Å². The zero-order valence-electron chi connectivity index (χ0n) is 10.3. The summed E-state index contributed by atoms with van der Waals surface area (Å²) < 4.78 is 0. The maximum atomic E-state index is 4.03. The molecule has 0 unspecified atom stereocenters. The van der Waals surface area contributed by atoms with Crippen LogP contribution in [0.5, 0.6) is 0 Å². The average Bonchev–Trinajstić information content (AvgIpc) is 2.82. The molecule has 3 aromatic rings. The minimum absolute atomic E-state index is 0.788. The quantitative estimate of drug-likeness (QED) is 0.732. The fourth-order valence-corrected chi connectivity index (χ4v) is 2.12. The molecule has 0 saturated carbocycles. The lowest BCUT2D eigenvalue weighted by molar-refractivity contribution is 1.04. The van der Waals surface area contributed by atoms with Crippen molar-refractivity contribution in [3.8, 4) is 0 Å². The lowest BCUT2D eigenvalue weighted by atomic mass is 10.1. The van der Waals surface area contributed by atoms with Crippen molar-refractivity contribution >= 4 is 16.5 Å². The average molecular weight is 237 g/mol. The number of hydrogen-bond donors (Lipinski definition) is 2. The van der Waals surface area contributed by atoms with Gasteiger partial charge in [-0.2, -0.15) is 5.10 Å². The molecule has 0 aliphatic carbocycles. The summed E-state index contributed by atoms with van der Waals surface area (Å²) in [5, 5.41) is 13.0. The van der Waals surface area contributed by atoms with Crippen molar-refractivity contribution < 1.29 is 0 Å². The Hall–Kier alpha value is -2.29. The fraction of sp³-hybridized carbons (Fsp3) is 0.133. The molecule has 3 rings (SSSR count). The molecule has 0 aliphatic rings. The Kier molecular flexibility index (Phi) is 2.73. The Morgan fingerprint density at radius 2 is 1.94 bits per heavy atom. The number of H-pyrrole nitrogens is 1. The first-order valence-corrected chi connectivity index (χ1v) is 6.05. The second-order valence-electron chi connectivity index (χ2n) is 4.40. The molecule has 0 aliphatic heterocycles. The van der Waals surface area contributed by atoms with E-state index in [1.54, 1.807) is 0 Å². The van der Waals surface area contributed by atoms with Crippen LogP contribution in [0.15, 0.2) is 48.7 Å². The SMILES string of the molecule is Cc1[nH]ncc1CNc1cccc2ccccc12. The van der Waals surface area contributed by atoms with Gasteiger partial charge in [0.05, 0.1) is 6.20 Å². The summed E-state index contributed by atoms with van der Waals surface area (Å²) in [5.41, 5.74) is 3.47. The van der Waals surface area contributed by atoms with Gasteiger partial charge in [0, 0.05) is 28.9 Å². The van der Waals surface area contributed by atoms with Crippen LogP contribution in [0.4, 0.5) is 5.69 Å². The maximum Gasteiger partial charge on any atom is 0.0539 e. The third-order valence-electron chi connectivity index (χ3n) is 3.19. The van der Waals surface area contributed by atoms with Gasteiger partial charge in [-0.3, -0.25) is 5.10 Å². The number of fused-ring (bicyclic) bond motifs is 1. The van der Waals surface area contributed by atoms with E-state index in [0.29, 0.717) is 0 Å². The number of aryl methyl sites for hydroxylation is 1. The fourth-order valence-electron chi connectivity index (χ4n) is 2.12. The van der Waals surface area contributed by atoms with E-state index in [9.17, 15) is 0 Å². The number of aromatic nitrogens is 2. The predicted octanol–water partition coefficient (Wildman–Crippen LogP) is 3.48. The molecule has 0 radical (unpaired) electrons. The van der Waals surface area contributed by atoms with Crippen LogP contribution in [0.1, 0.15) is 11.3 Å². The van der Waals surface area contributed by atoms with E-state index in [1.165, 1.54) is 16.3 Å². The molecule has 0 amide bonds. The first-order chi connectivity index (χ1) is 8.84. The Labute approximate surface area is 106 Å². The highest BCUT2D eigenvalue weighted by Crippen LogP contribution is 2.23. The predicted molar refractivity (Wildman–Crippen MR) is 74.6 cm³/mol. The van der Waals surface area contributed by atoms with Crippen molar-refractivity contribution in [1.82, 2.24) is 10.2 Å². The summed E-state index contributed by atoms with van der Waals surface area (Å²) in [6, 6.07) is 14.7. The minimum Gasteiger partial charge on any atom is -0.380 e. The number of aromatic amines is 1. The van der Waals surface area contributed by atoms with E-state index in [0.717, 1.165) is 17.9 Å². The number of anilines is 1. The molecule has 0 atom stereocenters. The van der Waals surface area contributed by atoms with Crippen molar-refractivity contribution in [2.24, 2.45) is 0 Å². The third-order valence-corrected chi connectivity index (χ3v) is 3.19. The van der Waals surface area contributed by atoms with Gasteiger partial charge in [0.15, 0.2) is 0 Å². The maximum absolute atomic E-state index is 4.03.